The lowest BCUT2D eigenvalue weighted by Gasteiger charge is -1.94. The molecule has 0 aliphatic rings. The number of hydrogen-bond donors (Lipinski definition) is 1. The molecule has 1 nitrogen and oxygen atoms in total. The van der Waals surface area contributed by atoms with E-state index in [-0.39, 0.29) is 6.10 Å². The van der Waals surface area contributed by atoms with Crippen LogP contribution in [0.25, 0.3) is 0 Å². The molecule has 1 unspecified atom stereocenters. The summed E-state index contributed by atoms with van der Waals surface area (Å²) in [5.41, 5.74) is 0. The molecule has 37 valence electrons. The Kier molecular flexibility index (Phi) is 3.68. The molecule has 1 N–H and O–H groups in total. The third-order valence-corrected chi connectivity index (χ3v) is 0.771. The summed E-state index contributed by atoms with van der Waals surface area (Å²) in [5, 5.41) is 8.49. The van der Waals surface area contributed by atoms with Crippen molar-refractivity contribution < 1.29 is 5.11 Å². The summed E-state index contributed by atoms with van der Waals surface area (Å²) in [6, 6.07) is 0. The SMILES string of the molecule is CC(O)CC[S]. The van der Waals surface area contributed by atoms with Crippen molar-refractivity contribution in [3.63, 3.8) is 0 Å². The molecule has 1 atom stereocenters. The Balaban J connectivity index is 2.63. The van der Waals surface area contributed by atoms with E-state index in [9.17, 15) is 0 Å². The van der Waals surface area contributed by atoms with Crippen LogP contribution in [0.4, 0.5) is 0 Å². The van der Waals surface area contributed by atoms with Crippen molar-refractivity contribution >= 4 is 12.6 Å². The van der Waals surface area contributed by atoms with Crippen LogP contribution >= 0.6 is 12.6 Å². The van der Waals surface area contributed by atoms with Crippen molar-refractivity contribution in [2.24, 2.45) is 0 Å². The third-order valence-electron chi connectivity index (χ3n) is 0.536. The van der Waals surface area contributed by atoms with Crippen LogP contribution in [-0.2, 0) is 0 Å². The van der Waals surface area contributed by atoms with Crippen molar-refractivity contribution in [2.45, 2.75) is 19.4 Å². The maximum absolute atomic E-state index is 8.49. The first-order chi connectivity index (χ1) is 2.77. The monoisotopic (exact) mass is 105 g/mol. The molecule has 0 fully saturated rings. The molecular formula is C4H9OS. The minimum atomic E-state index is -0.206. The highest BCUT2D eigenvalue weighted by atomic mass is 32.1. The second-order valence-corrected chi connectivity index (χ2v) is 1.75. The van der Waals surface area contributed by atoms with E-state index in [0.29, 0.717) is 5.75 Å². The average Bonchev–Trinajstić information content (AvgIpc) is 1.35. The Labute approximate surface area is 43.8 Å². The molecular weight excluding hydrogens is 96.1 g/mol. The quantitative estimate of drug-likeness (QED) is 0.554. The van der Waals surface area contributed by atoms with Crippen LogP contribution in [0.15, 0.2) is 0 Å². The lowest BCUT2D eigenvalue weighted by molar-refractivity contribution is 0.192. The molecule has 0 aromatic heterocycles. The molecule has 0 bridgehead atoms. The van der Waals surface area contributed by atoms with Crippen molar-refractivity contribution in [2.75, 3.05) is 5.75 Å². The molecule has 0 aliphatic heterocycles. The molecule has 0 aliphatic carbocycles. The molecule has 0 heterocycles. The van der Waals surface area contributed by atoms with Gasteiger partial charge in [-0.05, 0) is 13.3 Å². The molecule has 0 aromatic carbocycles. The number of hydrogen-bond acceptors (Lipinski definition) is 1. The topological polar surface area (TPSA) is 20.2 Å². The highest BCUT2D eigenvalue weighted by Gasteiger charge is 1.88. The summed E-state index contributed by atoms with van der Waals surface area (Å²) in [5.74, 6) is 0.664. The fourth-order valence-corrected chi connectivity index (χ4v) is 0.512. The molecule has 0 rings (SSSR count). The van der Waals surface area contributed by atoms with E-state index in [0.717, 1.165) is 6.42 Å². The number of aliphatic hydroxyl groups excluding tert-OH is 1. The predicted molar refractivity (Wildman–Crippen MR) is 28.8 cm³/mol. The van der Waals surface area contributed by atoms with Crippen LogP contribution in [0.5, 0.6) is 0 Å². The minimum absolute atomic E-state index is 0.206. The number of rotatable bonds is 2. The molecule has 0 saturated heterocycles. The summed E-state index contributed by atoms with van der Waals surface area (Å²) < 4.78 is 0. The zero-order valence-corrected chi connectivity index (χ0v) is 4.66. The lowest BCUT2D eigenvalue weighted by atomic mass is 10.3. The Hall–Kier alpha value is 0.310. The Bertz CT molecular complexity index is 28.7. The first-order valence-corrected chi connectivity index (χ1v) is 2.61. The Morgan fingerprint density at radius 3 is 2.33 bits per heavy atom. The highest BCUT2D eigenvalue weighted by molar-refractivity contribution is 7.80. The molecule has 0 spiro atoms. The van der Waals surface area contributed by atoms with Gasteiger partial charge in [0.2, 0.25) is 0 Å². The summed E-state index contributed by atoms with van der Waals surface area (Å²) in [4.78, 5) is 0. The van der Waals surface area contributed by atoms with Gasteiger partial charge in [-0.15, -0.1) is 0 Å². The zero-order valence-electron chi connectivity index (χ0n) is 3.85. The van der Waals surface area contributed by atoms with Gasteiger partial charge >= 0.3 is 0 Å². The summed E-state index contributed by atoms with van der Waals surface area (Å²) >= 11 is 4.57. The van der Waals surface area contributed by atoms with Gasteiger partial charge in [0, 0.05) is 5.75 Å². The number of aliphatic hydroxyl groups is 1. The molecule has 0 amide bonds. The van der Waals surface area contributed by atoms with E-state index in [1.54, 1.807) is 6.92 Å². The van der Waals surface area contributed by atoms with Crippen LogP contribution in [0.1, 0.15) is 13.3 Å². The van der Waals surface area contributed by atoms with E-state index in [1.807, 2.05) is 0 Å². The maximum Gasteiger partial charge on any atom is 0.0520 e. The normalized spacial score (nSPS) is 14.5. The summed E-state index contributed by atoms with van der Waals surface area (Å²) in [6.45, 7) is 1.74. The van der Waals surface area contributed by atoms with Gasteiger partial charge in [-0.2, -0.15) is 0 Å². The molecule has 2 heteroatoms. The van der Waals surface area contributed by atoms with E-state index in [1.165, 1.54) is 0 Å². The highest BCUT2D eigenvalue weighted by Crippen LogP contribution is 1.88. The fraction of sp³-hybridized carbons (Fsp3) is 1.00. The second-order valence-electron chi connectivity index (χ2n) is 1.34. The third kappa shape index (κ3) is 4.31. The first kappa shape index (κ1) is 6.31. The van der Waals surface area contributed by atoms with Crippen LogP contribution in [0, 0.1) is 0 Å². The van der Waals surface area contributed by atoms with Gasteiger partial charge in [0.05, 0.1) is 6.10 Å². The van der Waals surface area contributed by atoms with Crippen LogP contribution in [0.3, 0.4) is 0 Å². The van der Waals surface area contributed by atoms with Crippen molar-refractivity contribution in [1.29, 1.82) is 0 Å². The molecule has 6 heavy (non-hydrogen) atoms. The van der Waals surface area contributed by atoms with Gasteiger partial charge in [0.25, 0.3) is 0 Å². The summed E-state index contributed by atoms with van der Waals surface area (Å²) in [6.07, 6.45) is 0.539. The Morgan fingerprint density at radius 2 is 2.33 bits per heavy atom. The predicted octanol–water partition coefficient (Wildman–Crippen LogP) is 0.955. The van der Waals surface area contributed by atoms with E-state index >= 15 is 0 Å². The molecule has 0 aromatic rings. The van der Waals surface area contributed by atoms with Crippen LogP contribution in [-0.4, -0.2) is 17.0 Å². The fourth-order valence-electron chi connectivity index (χ4n) is 0.171. The van der Waals surface area contributed by atoms with Gasteiger partial charge in [-0.3, -0.25) is 0 Å². The molecule has 1 radical (unpaired) electrons. The largest absolute Gasteiger partial charge is 0.393 e. The van der Waals surface area contributed by atoms with E-state index in [4.69, 9.17) is 5.11 Å². The van der Waals surface area contributed by atoms with Crippen molar-refractivity contribution in [3.8, 4) is 0 Å². The van der Waals surface area contributed by atoms with E-state index < -0.39 is 0 Å². The maximum atomic E-state index is 8.49. The summed E-state index contributed by atoms with van der Waals surface area (Å²) in [7, 11) is 0. The van der Waals surface area contributed by atoms with Crippen LogP contribution < -0.4 is 0 Å². The average molecular weight is 105 g/mol. The molecule has 0 saturated carbocycles. The minimum Gasteiger partial charge on any atom is -0.393 e. The lowest BCUT2D eigenvalue weighted by Crippen LogP contribution is -1.98. The van der Waals surface area contributed by atoms with Gasteiger partial charge < -0.3 is 5.11 Å². The van der Waals surface area contributed by atoms with Crippen molar-refractivity contribution in [1.82, 2.24) is 0 Å². The Morgan fingerprint density at radius 1 is 1.83 bits per heavy atom. The van der Waals surface area contributed by atoms with Crippen LogP contribution in [0.2, 0.25) is 0 Å². The zero-order chi connectivity index (χ0) is 4.99. The van der Waals surface area contributed by atoms with E-state index in [2.05, 4.69) is 12.6 Å². The van der Waals surface area contributed by atoms with Gasteiger partial charge in [0.15, 0.2) is 0 Å². The second kappa shape index (κ2) is 3.50. The standard InChI is InChI=1S/C4H9OS/c1-4(5)2-3-6/h4-5H,2-3H2,1H3. The van der Waals surface area contributed by atoms with Gasteiger partial charge in [-0.25, -0.2) is 0 Å². The smallest absolute Gasteiger partial charge is 0.0520 e. The first-order valence-electron chi connectivity index (χ1n) is 2.03. The van der Waals surface area contributed by atoms with Gasteiger partial charge in [0.1, 0.15) is 0 Å². The van der Waals surface area contributed by atoms with Gasteiger partial charge in [-0.1, -0.05) is 12.6 Å². The van der Waals surface area contributed by atoms with Crippen molar-refractivity contribution in [3.05, 3.63) is 0 Å².